The molecule has 0 spiro atoms. The molecule has 1 aliphatic rings. The quantitative estimate of drug-likeness (QED) is 0.748. The van der Waals surface area contributed by atoms with Crippen LogP contribution in [0.3, 0.4) is 0 Å². The zero-order valence-electron chi connectivity index (χ0n) is 14.4. The van der Waals surface area contributed by atoms with Crippen LogP contribution in [0.4, 0.5) is 0 Å². The number of aromatic nitrogens is 1. The number of aromatic hydroxyl groups is 1. The first-order chi connectivity index (χ1) is 12.6. The number of amides is 1. The van der Waals surface area contributed by atoms with Gasteiger partial charge in [-0.2, -0.15) is 0 Å². The van der Waals surface area contributed by atoms with Crippen LogP contribution in [0.25, 0.3) is 16.3 Å². The lowest BCUT2D eigenvalue weighted by atomic mass is 10.1. The summed E-state index contributed by atoms with van der Waals surface area (Å²) in [6.07, 6.45) is 3.03. The molecular formula is C20H19N3O2S. The van der Waals surface area contributed by atoms with Gasteiger partial charge in [0, 0.05) is 6.54 Å². The fourth-order valence-electron chi connectivity index (χ4n) is 3.10. The van der Waals surface area contributed by atoms with Crippen molar-refractivity contribution in [1.82, 2.24) is 10.3 Å². The van der Waals surface area contributed by atoms with Gasteiger partial charge in [0.05, 0.1) is 22.3 Å². The van der Waals surface area contributed by atoms with Gasteiger partial charge in [-0.15, -0.1) is 11.3 Å². The Morgan fingerprint density at radius 1 is 1.31 bits per heavy atom. The number of hydrogen-bond donors (Lipinski definition) is 2. The van der Waals surface area contributed by atoms with Crippen molar-refractivity contribution >= 4 is 33.5 Å². The number of carbonyl (C=O) groups excluding carboxylic acids is 1. The van der Waals surface area contributed by atoms with Crippen LogP contribution in [0.2, 0.25) is 0 Å². The number of phenols is 1. The molecule has 3 aromatic rings. The largest absolute Gasteiger partial charge is 0.505 e. The van der Waals surface area contributed by atoms with Crippen molar-refractivity contribution in [3.63, 3.8) is 0 Å². The zero-order valence-corrected chi connectivity index (χ0v) is 15.2. The number of benzene rings is 2. The molecule has 0 saturated carbocycles. The third-order valence-electron chi connectivity index (χ3n) is 4.48. The Morgan fingerprint density at radius 2 is 2.15 bits per heavy atom. The first kappa shape index (κ1) is 16.7. The van der Waals surface area contributed by atoms with Gasteiger partial charge in [0.15, 0.2) is 5.75 Å². The number of para-hydroxylation sites is 1. The Kier molecular flexibility index (Phi) is 4.42. The highest BCUT2D eigenvalue weighted by molar-refractivity contribution is 7.18. The molecular weight excluding hydrogens is 346 g/mol. The van der Waals surface area contributed by atoms with Crippen LogP contribution in [-0.4, -0.2) is 22.5 Å². The molecule has 1 unspecified atom stereocenters. The van der Waals surface area contributed by atoms with E-state index in [2.05, 4.69) is 28.3 Å². The van der Waals surface area contributed by atoms with Crippen LogP contribution >= 0.6 is 11.3 Å². The van der Waals surface area contributed by atoms with E-state index >= 15 is 0 Å². The van der Waals surface area contributed by atoms with Gasteiger partial charge in [-0.3, -0.25) is 9.79 Å². The average Bonchev–Trinajstić information content (AvgIpc) is 2.95. The molecule has 1 aromatic heterocycles. The predicted molar refractivity (Wildman–Crippen MR) is 103 cm³/mol. The van der Waals surface area contributed by atoms with E-state index in [0.29, 0.717) is 24.4 Å². The normalized spacial score (nSPS) is 16.3. The zero-order chi connectivity index (χ0) is 18.1. The number of fused-ring (bicyclic) bond motifs is 2. The molecule has 1 atom stereocenters. The summed E-state index contributed by atoms with van der Waals surface area (Å²) in [5.41, 5.74) is 1.18. The number of thiazole rings is 1. The Morgan fingerprint density at radius 3 is 3.00 bits per heavy atom. The summed E-state index contributed by atoms with van der Waals surface area (Å²) in [7, 11) is 0. The van der Waals surface area contributed by atoms with Gasteiger partial charge in [0.25, 0.3) is 5.91 Å². The van der Waals surface area contributed by atoms with Gasteiger partial charge in [-0.1, -0.05) is 31.2 Å². The lowest BCUT2D eigenvalue weighted by molar-refractivity contribution is 0.0948. The Labute approximate surface area is 154 Å². The monoisotopic (exact) mass is 365 g/mol. The van der Waals surface area contributed by atoms with Gasteiger partial charge in [-0.25, -0.2) is 4.98 Å². The molecule has 1 aliphatic heterocycles. The molecule has 6 heteroatoms. The van der Waals surface area contributed by atoms with E-state index in [1.807, 2.05) is 30.3 Å². The van der Waals surface area contributed by atoms with E-state index in [1.165, 1.54) is 0 Å². The fourth-order valence-corrected chi connectivity index (χ4v) is 4.00. The summed E-state index contributed by atoms with van der Waals surface area (Å²) in [4.78, 5) is 21.5. The first-order valence-corrected chi connectivity index (χ1v) is 9.44. The lowest BCUT2D eigenvalue weighted by Gasteiger charge is -2.06. The van der Waals surface area contributed by atoms with Crippen LogP contribution in [-0.2, 0) is 6.54 Å². The van der Waals surface area contributed by atoms with E-state index in [0.717, 1.165) is 26.9 Å². The minimum Gasteiger partial charge on any atom is -0.505 e. The number of phenolic OH excluding ortho intramolecular Hbond substituents is 1. The van der Waals surface area contributed by atoms with E-state index in [4.69, 9.17) is 0 Å². The molecule has 5 nitrogen and oxygen atoms in total. The summed E-state index contributed by atoms with van der Waals surface area (Å²) >= 11 is 1.55. The number of nitrogens with zero attached hydrogens (tertiary/aromatic N) is 2. The molecule has 2 aromatic carbocycles. The maximum absolute atomic E-state index is 12.5. The van der Waals surface area contributed by atoms with E-state index < -0.39 is 0 Å². The minimum atomic E-state index is -0.322. The second-order valence-corrected chi connectivity index (χ2v) is 7.59. The molecule has 0 aliphatic carbocycles. The van der Waals surface area contributed by atoms with Crippen LogP contribution in [0.1, 0.15) is 28.7 Å². The fraction of sp³-hybridized carbons (Fsp3) is 0.250. The summed E-state index contributed by atoms with van der Waals surface area (Å²) in [6, 6.07) is 11.4. The van der Waals surface area contributed by atoms with Crippen LogP contribution < -0.4 is 15.9 Å². The Hall–Kier alpha value is -2.73. The van der Waals surface area contributed by atoms with Gasteiger partial charge in [0.1, 0.15) is 10.4 Å². The highest BCUT2D eigenvalue weighted by Crippen LogP contribution is 2.21. The minimum absolute atomic E-state index is 0.0466. The maximum Gasteiger partial charge on any atom is 0.255 e. The maximum atomic E-state index is 12.5. The number of nitrogens with one attached hydrogen (secondary N) is 1. The molecule has 0 radical (unpaired) electrons. The van der Waals surface area contributed by atoms with Crippen molar-refractivity contribution in [2.75, 3.05) is 6.54 Å². The van der Waals surface area contributed by atoms with E-state index in [9.17, 15) is 9.90 Å². The number of carbonyl (C=O) groups is 1. The number of hydrogen-bond acceptors (Lipinski definition) is 5. The summed E-state index contributed by atoms with van der Waals surface area (Å²) in [6.45, 7) is 3.10. The molecule has 2 heterocycles. The van der Waals surface area contributed by atoms with Crippen molar-refractivity contribution in [1.29, 1.82) is 0 Å². The van der Waals surface area contributed by atoms with Crippen molar-refractivity contribution in [2.24, 2.45) is 10.9 Å². The lowest BCUT2D eigenvalue weighted by Crippen LogP contribution is -2.30. The van der Waals surface area contributed by atoms with E-state index in [1.54, 1.807) is 17.4 Å². The smallest absolute Gasteiger partial charge is 0.255 e. The molecule has 26 heavy (non-hydrogen) atoms. The first-order valence-electron chi connectivity index (χ1n) is 8.63. The van der Waals surface area contributed by atoms with Crippen molar-refractivity contribution in [3.8, 4) is 5.75 Å². The molecule has 0 bridgehead atoms. The van der Waals surface area contributed by atoms with Gasteiger partial charge in [-0.05, 0) is 35.8 Å². The average molecular weight is 365 g/mol. The molecule has 1 amide bonds. The van der Waals surface area contributed by atoms with Crippen LogP contribution in [0.5, 0.6) is 5.75 Å². The Balaban J connectivity index is 1.58. The third kappa shape index (κ3) is 3.20. The second kappa shape index (κ2) is 6.88. The third-order valence-corrected chi connectivity index (χ3v) is 5.52. The predicted octanol–water partition coefficient (Wildman–Crippen LogP) is 2.37. The van der Waals surface area contributed by atoms with Gasteiger partial charge >= 0.3 is 0 Å². The summed E-state index contributed by atoms with van der Waals surface area (Å²) in [5.74, 6) is 0.0322. The highest BCUT2D eigenvalue weighted by Gasteiger charge is 2.15. The van der Waals surface area contributed by atoms with Crippen molar-refractivity contribution in [3.05, 3.63) is 57.5 Å². The standard InChI is InChI=1S/C20H19N3O2S/c1-12-8-9-21-18-13(10-12)6-7-14(19(18)24)20(25)22-11-17-23-15-4-2-3-5-16(15)26-17/h2-7,10,12,24H,8-9,11H2,1H3,(H,22,25). The van der Waals surface area contributed by atoms with Crippen LogP contribution in [0, 0.1) is 5.92 Å². The summed E-state index contributed by atoms with van der Waals surface area (Å²) in [5, 5.41) is 15.6. The highest BCUT2D eigenvalue weighted by atomic mass is 32.1. The van der Waals surface area contributed by atoms with Gasteiger partial charge in [0.2, 0.25) is 0 Å². The molecule has 4 rings (SSSR count). The number of rotatable bonds is 3. The summed E-state index contributed by atoms with van der Waals surface area (Å²) < 4.78 is 1.09. The SMILES string of the molecule is CC1C=c2ccc(C(=O)NCc3nc4ccccc4s3)c(O)c2=NCC1. The molecule has 0 fully saturated rings. The van der Waals surface area contributed by atoms with Crippen molar-refractivity contribution < 1.29 is 9.90 Å². The molecule has 132 valence electrons. The molecule has 0 saturated heterocycles. The van der Waals surface area contributed by atoms with Gasteiger partial charge < -0.3 is 10.4 Å². The second-order valence-electron chi connectivity index (χ2n) is 6.47. The Bertz CT molecular complexity index is 1070. The topological polar surface area (TPSA) is 74.6 Å². The molecule has 2 N–H and O–H groups in total. The van der Waals surface area contributed by atoms with Crippen LogP contribution in [0.15, 0.2) is 41.4 Å². The van der Waals surface area contributed by atoms with Crippen molar-refractivity contribution in [2.45, 2.75) is 19.9 Å². The van der Waals surface area contributed by atoms with E-state index in [-0.39, 0.29) is 17.2 Å².